The van der Waals surface area contributed by atoms with Gasteiger partial charge < -0.3 is 23.7 Å². The SMILES string of the molecule is COC(=O)C1CC(=O)CN1C(=O)OCc1ccccc1.COC(=O)C1CC(F)(F)CN1.COC(=O)C1CC(F)(F)CN1C(=O)OCc1ccccc1.ClCCl. The topological polar surface area (TPSA) is 167 Å². The van der Waals surface area contributed by atoms with E-state index >= 15 is 0 Å². The van der Waals surface area contributed by atoms with Crippen molar-refractivity contribution in [1.82, 2.24) is 15.1 Å². The van der Waals surface area contributed by atoms with E-state index in [9.17, 15) is 46.3 Å². The molecule has 2 aromatic carbocycles. The fraction of sp³-hybridized carbons (Fsp3) is 0.486. The van der Waals surface area contributed by atoms with Gasteiger partial charge in [0.15, 0.2) is 5.78 Å². The van der Waals surface area contributed by atoms with Gasteiger partial charge in [0.1, 0.15) is 31.3 Å². The summed E-state index contributed by atoms with van der Waals surface area (Å²) in [4.78, 5) is 70.8. The normalized spacial score (nSPS) is 20.2. The molecule has 0 aromatic heterocycles. The van der Waals surface area contributed by atoms with E-state index in [2.05, 4.69) is 19.5 Å². The van der Waals surface area contributed by atoms with E-state index in [1.165, 1.54) is 14.2 Å². The molecule has 55 heavy (non-hydrogen) atoms. The highest BCUT2D eigenvalue weighted by atomic mass is 35.5. The molecule has 3 atom stereocenters. The molecule has 0 bridgehead atoms. The largest absolute Gasteiger partial charge is 0.468 e. The van der Waals surface area contributed by atoms with E-state index in [0.717, 1.165) is 28.0 Å². The number of ether oxygens (including phenoxy) is 5. The van der Waals surface area contributed by atoms with E-state index in [-0.39, 0.29) is 37.3 Å². The molecule has 3 fully saturated rings. The average Bonchev–Trinajstić information content (AvgIpc) is 3.86. The molecular weight excluding hydrogens is 785 g/mol. The molecule has 0 spiro atoms. The van der Waals surface area contributed by atoms with E-state index in [4.69, 9.17) is 32.7 Å². The van der Waals surface area contributed by atoms with Crippen LogP contribution in [0.2, 0.25) is 0 Å². The van der Waals surface area contributed by atoms with Crippen molar-refractivity contribution in [2.45, 2.75) is 62.4 Å². The molecule has 3 aliphatic rings. The van der Waals surface area contributed by atoms with Gasteiger partial charge in [0, 0.05) is 19.3 Å². The van der Waals surface area contributed by atoms with E-state index in [1.807, 2.05) is 30.3 Å². The second-order valence-electron chi connectivity index (χ2n) is 11.8. The molecule has 0 saturated carbocycles. The Kier molecular flexibility index (Phi) is 19.1. The monoisotopic (exact) mass is 825 g/mol. The first-order chi connectivity index (χ1) is 26.0. The minimum absolute atomic E-state index is 0.0207. The maximum absolute atomic E-state index is 13.4. The highest BCUT2D eigenvalue weighted by Gasteiger charge is 2.51. The van der Waals surface area contributed by atoms with Crippen LogP contribution in [0.25, 0.3) is 0 Å². The summed E-state index contributed by atoms with van der Waals surface area (Å²) < 4.78 is 75.1. The zero-order valence-electron chi connectivity index (χ0n) is 30.0. The van der Waals surface area contributed by atoms with Gasteiger partial charge in [-0.25, -0.2) is 36.7 Å². The van der Waals surface area contributed by atoms with Crippen molar-refractivity contribution in [3.63, 3.8) is 0 Å². The van der Waals surface area contributed by atoms with Gasteiger partial charge in [0.05, 0.1) is 46.3 Å². The lowest BCUT2D eigenvalue weighted by Crippen LogP contribution is -2.41. The van der Waals surface area contributed by atoms with Crippen LogP contribution in [0, 0.1) is 0 Å². The van der Waals surface area contributed by atoms with Crippen LogP contribution < -0.4 is 5.32 Å². The zero-order valence-corrected chi connectivity index (χ0v) is 31.5. The first-order valence-corrected chi connectivity index (χ1v) is 17.4. The fourth-order valence-electron chi connectivity index (χ4n) is 5.21. The average molecular weight is 827 g/mol. The molecule has 0 aliphatic carbocycles. The quantitative estimate of drug-likeness (QED) is 0.174. The van der Waals surface area contributed by atoms with Crippen molar-refractivity contribution in [2.75, 3.05) is 46.3 Å². The Bertz CT molecular complexity index is 1580. The summed E-state index contributed by atoms with van der Waals surface area (Å²) in [5.41, 5.74) is 1.56. The van der Waals surface area contributed by atoms with Crippen LogP contribution in [0.15, 0.2) is 60.7 Å². The number of benzene rings is 2. The van der Waals surface area contributed by atoms with Gasteiger partial charge >= 0.3 is 30.1 Å². The Morgan fingerprint density at radius 3 is 1.60 bits per heavy atom. The van der Waals surface area contributed by atoms with Crippen LogP contribution in [0.3, 0.4) is 0 Å². The Labute approximate surface area is 324 Å². The smallest absolute Gasteiger partial charge is 0.411 e. The van der Waals surface area contributed by atoms with E-state index in [0.29, 0.717) is 0 Å². The van der Waals surface area contributed by atoms with Crippen molar-refractivity contribution in [2.24, 2.45) is 0 Å². The van der Waals surface area contributed by atoms with Crippen molar-refractivity contribution in [3.05, 3.63) is 71.8 Å². The lowest BCUT2D eigenvalue weighted by atomic mass is 10.2. The highest BCUT2D eigenvalue weighted by molar-refractivity contribution is 6.40. The maximum Gasteiger partial charge on any atom is 0.411 e. The van der Waals surface area contributed by atoms with Crippen molar-refractivity contribution >= 4 is 59.1 Å². The number of alkyl halides is 6. The Morgan fingerprint density at radius 2 is 1.16 bits per heavy atom. The van der Waals surface area contributed by atoms with E-state index in [1.54, 1.807) is 30.3 Å². The summed E-state index contributed by atoms with van der Waals surface area (Å²) in [6.45, 7) is -1.35. The van der Waals surface area contributed by atoms with E-state index < -0.39 is 86.0 Å². The van der Waals surface area contributed by atoms with Gasteiger partial charge in [-0.05, 0) is 11.1 Å². The number of rotatable bonds is 7. The van der Waals surface area contributed by atoms with Gasteiger partial charge in [0.25, 0.3) is 11.8 Å². The lowest BCUT2D eigenvalue weighted by molar-refractivity contribution is -0.146. The third-order valence-corrected chi connectivity index (χ3v) is 7.84. The number of likely N-dealkylation sites (tertiary alicyclic amines) is 2. The van der Waals surface area contributed by atoms with Gasteiger partial charge in [0.2, 0.25) is 0 Å². The molecule has 3 saturated heterocycles. The minimum atomic E-state index is -3.12. The summed E-state index contributed by atoms with van der Waals surface area (Å²) in [6, 6.07) is 15.0. The third-order valence-electron chi connectivity index (χ3n) is 7.84. The summed E-state index contributed by atoms with van der Waals surface area (Å²) >= 11 is 9.53. The van der Waals surface area contributed by atoms with Crippen LogP contribution in [0.4, 0.5) is 27.2 Å². The predicted octanol–water partition coefficient (Wildman–Crippen LogP) is 4.92. The second-order valence-corrected chi connectivity index (χ2v) is 12.6. The van der Waals surface area contributed by atoms with Gasteiger partial charge in [-0.15, -0.1) is 23.2 Å². The van der Waals surface area contributed by atoms with Crippen LogP contribution in [0.5, 0.6) is 0 Å². The molecule has 5 rings (SSSR count). The molecule has 3 heterocycles. The molecular formula is C35H41Cl2F4N3O11. The summed E-state index contributed by atoms with van der Waals surface area (Å²) in [6.07, 6.45) is -2.87. The highest BCUT2D eigenvalue weighted by Crippen LogP contribution is 2.33. The standard InChI is InChI=1S/C14H15F2NO4.C14H15NO5.C6H9F2NO2.CH2Cl2/c1-20-12(18)11-7-14(15,16)9-17(11)13(19)21-8-10-5-3-2-4-6-10;1-19-13(17)12-7-11(16)8-15(12)14(18)20-9-10-5-3-2-4-6-10;1-11-5(10)4-2-6(7,8)3-9-4;2-1-3/h2-6,11H,7-9H2,1H3;2-6,12H,7-9H2,1H3;4,9H,2-3H2,1H3;1H2. The fourth-order valence-corrected chi connectivity index (χ4v) is 5.21. The Morgan fingerprint density at radius 1 is 0.709 bits per heavy atom. The third kappa shape index (κ3) is 15.5. The number of hydrogen-bond donors (Lipinski definition) is 1. The summed E-state index contributed by atoms with van der Waals surface area (Å²) in [5, 5.41) is 2.57. The predicted molar refractivity (Wildman–Crippen MR) is 187 cm³/mol. The summed E-state index contributed by atoms with van der Waals surface area (Å²) in [7, 11) is 3.49. The molecule has 20 heteroatoms. The summed E-state index contributed by atoms with van der Waals surface area (Å²) in [5.74, 6) is -8.17. The van der Waals surface area contributed by atoms with Gasteiger partial charge in [-0.3, -0.25) is 24.7 Å². The molecule has 0 radical (unpaired) electrons. The van der Waals surface area contributed by atoms with Crippen molar-refractivity contribution in [1.29, 1.82) is 0 Å². The number of esters is 3. The van der Waals surface area contributed by atoms with Crippen LogP contribution >= 0.6 is 23.2 Å². The first kappa shape index (κ1) is 46.5. The van der Waals surface area contributed by atoms with Crippen molar-refractivity contribution in [3.8, 4) is 0 Å². The lowest BCUT2D eigenvalue weighted by Gasteiger charge is -2.21. The van der Waals surface area contributed by atoms with Gasteiger partial charge in [-0.2, -0.15) is 0 Å². The molecule has 2 aromatic rings. The van der Waals surface area contributed by atoms with Crippen molar-refractivity contribution < 1.29 is 70.0 Å². The molecule has 2 amide bonds. The first-order valence-electron chi connectivity index (χ1n) is 16.3. The molecule has 304 valence electrons. The maximum atomic E-state index is 13.4. The number of Topliss-reactive ketones (excluding diaryl/α,β-unsaturated/α-hetero) is 1. The van der Waals surface area contributed by atoms with Gasteiger partial charge in [-0.1, -0.05) is 60.7 Å². The molecule has 3 unspecified atom stereocenters. The Balaban J connectivity index is 0.000000287. The number of carbonyl (C=O) groups excluding carboxylic acids is 6. The van der Waals surface area contributed by atoms with Crippen LogP contribution in [-0.2, 0) is 56.1 Å². The number of carbonyl (C=O) groups is 6. The second kappa shape index (κ2) is 22.6. The molecule has 14 nitrogen and oxygen atoms in total. The van der Waals surface area contributed by atoms with Crippen LogP contribution in [0.1, 0.15) is 30.4 Å². The number of halogens is 6. The van der Waals surface area contributed by atoms with Crippen LogP contribution in [-0.4, -0.2) is 122 Å². The number of nitrogens with zero attached hydrogens (tertiary/aromatic N) is 2. The Hall–Kier alpha value is -4.68. The minimum Gasteiger partial charge on any atom is -0.468 e. The number of ketones is 1. The zero-order chi connectivity index (χ0) is 41.2. The molecule has 3 aliphatic heterocycles. The number of amides is 2. The number of nitrogens with one attached hydrogen (secondary N) is 1. The molecule has 1 N–H and O–H groups in total. The number of hydrogen-bond acceptors (Lipinski definition) is 12. The number of methoxy groups -OCH3 is 3.